The van der Waals surface area contributed by atoms with E-state index >= 15 is 0 Å². The first-order valence-corrected chi connectivity index (χ1v) is 4.91. The second kappa shape index (κ2) is 3.60. The smallest absolute Gasteiger partial charge is 0.320 e. The first-order valence-electron chi connectivity index (χ1n) is 4.91. The Morgan fingerprint density at radius 1 is 1.39 bits per heavy atom. The lowest BCUT2D eigenvalue weighted by Gasteiger charge is -2.16. The molecule has 7 heteroatoms. The predicted molar refractivity (Wildman–Crippen MR) is 51.8 cm³/mol. The van der Waals surface area contributed by atoms with Crippen molar-refractivity contribution >= 4 is 5.97 Å². The van der Waals surface area contributed by atoms with Crippen LogP contribution in [0, 0.1) is 11.6 Å². The molecular weight excluding hydrogens is 256 g/mol. The average molecular weight is 264 g/mol. The minimum atomic E-state index is -3.50. The number of alkyl halides is 2. The highest BCUT2D eigenvalue weighted by Crippen LogP contribution is 2.63. The van der Waals surface area contributed by atoms with Gasteiger partial charge in [0.05, 0.1) is 7.11 Å². The molecule has 0 aliphatic heterocycles. The first kappa shape index (κ1) is 12.7. The predicted octanol–water partition coefficient (Wildman–Crippen LogP) is 2.33. The Bertz CT molecular complexity index is 529. The maximum atomic E-state index is 13.4. The lowest BCUT2D eigenvalue weighted by molar-refractivity contribution is -0.143. The van der Waals surface area contributed by atoms with E-state index in [1.165, 1.54) is 0 Å². The fraction of sp³-hybridized carbons (Fsp3) is 0.364. The van der Waals surface area contributed by atoms with E-state index in [4.69, 9.17) is 5.11 Å². The fourth-order valence-corrected chi connectivity index (χ4v) is 2.00. The third kappa shape index (κ3) is 1.39. The summed E-state index contributed by atoms with van der Waals surface area (Å²) in [6, 6.07) is 1.42. The molecule has 1 aliphatic carbocycles. The van der Waals surface area contributed by atoms with Crippen molar-refractivity contribution < 1.29 is 32.2 Å². The SMILES string of the molecule is COc1c(C2(C(=O)O)CC2(F)F)ccc(F)c1F. The Morgan fingerprint density at radius 2 is 1.94 bits per heavy atom. The second-order valence-electron chi connectivity index (χ2n) is 4.03. The Kier molecular flexibility index (Phi) is 2.53. The third-order valence-corrected chi connectivity index (χ3v) is 3.07. The van der Waals surface area contributed by atoms with Crippen LogP contribution in [0.25, 0.3) is 0 Å². The number of carboxylic acid groups (broad SMARTS) is 1. The number of carboxylic acids is 1. The molecule has 1 unspecified atom stereocenters. The summed E-state index contributed by atoms with van der Waals surface area (Å²) >= 11 is 0. The van der Waals surface area contributed by atoms with Crippen molar-refractivity contribution in [2.75, 3.05) is 7.11 Å². The van der Waals surface area contributed by atoms with Crippen molar-refractivity contribution in [1.82, 2.24) is 0 Å². The Hall–Kier alpha value is -1.79. The first-order chi connectivity index (χ1) is 8.28. The molecule has 0 aromatic heterocycles. The molecule has 3 nitrogen and oxygen atoms in total. The maximum absolute atomic E-state index is 13.4. The van der Waals surface area contributed by atoms with Crippen molar-refractivity contribution in [1.29, 1.82) is 0 Å². The van der Waals surface area contributed by atoms with Crippen molar-refractivity contribution in [3.63, 3.8) is 0 Å². The Labute approximate surface area is 99.0 Å². The molecule has 0 bridgehead atoms. The van der Waals surface area contributed by atoms with E-state index in [0.29, 0.717) is 6.07 Å². The van der Waals surface area contributed by atoms with Gasteiger partial charge in [0.25, 0.3) is 5.92 Å². The van der Waals surface area contributed by atoms with Gasteiger partial charge in [0.2, 0.25) is 5.82 Å². The molecule has 1 atom stereocenters. The number of hydrogen-bond acceptors (Lipinski definition) is 2. The molecule has 0 spiro atoms. The summed E-state index contributed by atoms with van der Waals surface area (Å²) in [5.41, 5.74) is -3.09. The van der Waals surface area contributed by atoms with Crippen LogP contribution in [-0.2, 0) is 10.2 Å². The number of methoxy groups -OCH3 is 1. The molecule has 98 valence electrons. The van der Waals surface area contributed by atoms with Crippen LogP contribution in [0.15, 0.2) is 12.1 Å². The molecule has 1 aromatic carbocycles. The zero-order valence-electron chi connectivity index (χ0n) is 9.14. The van der Waals surface area contributed by atoms with Crippen molar-refractivity contribution in [3.8, 4) is 5.75 Å². The number of carbonyl (C=O) groups is 1. The lowest BCUT2D eigenvalue weighted by Crippen LogP contribution is -2.28. The lowest BCUT2D eigenvalue weighted by atomic mass is 9.94. The molecule has 0 amide bonds. The number of rotatable bonds is 3. The minimum absolute atomic E-state index is 0.554. The van der Waals surface area contributed by atoms with Gasteiger partial charge < -0.3 is 9.84 Å². The van der Waals surface area contributed by atoms with Crippen molar-refractivity contribution in [3.05, 3.63) is 29.3 Å². The maximum Gasteiger partial charge on any atom is 0.320 e. The Balaban J connectivity index is 2.66. The molecule has 1 N–H and O–H groups in total. The van der Waals surface area contributed by atoms with E-state index in [-0.39, 0.29) is 0 Å². The van der Waals surface area contributed by atoms with Gasteiger partial charge in [-0.05, 0) is 6.07 Å². The monoisotopic (exact) mass is 264 g/mol. The zero-order chi connectivity index (χ0) is 13.7. The van der Waals surface area contributed by atoms with E-state index in [2.05, 4.69) is 4.74 Å². The van der Waals surface area contributed by atoms with Crippen LogP contribution in [0.1, 0.15) is 12.0 Å². The van der Waals surface area contributed by atoms with Crippen LogP contribution in [0.5, 0.6) is 5.75 Å². The molecule has 1 saturated carbocycles. The van der Waals surface area contributed by atoms with Crippen LogP contribution in [-0.4, -0.2) is 24.1 Å². The summed E-state index contributed by atoms with van der Waals surface area (Å²) < 4.78 is 57.4. The number of hydrogen-bond donors (Lipinski definition) is 1. The van der Waals surface area contributed by atoms with Gasteiger partial charge >= 0.3 is 5.97 Å². The second-order valence-corrected chi connectivity index (χ2v) is 4.03. The Morgan fingerprint density at radius 3 is 2.33 bits per heavy atom. The van der Waals surface area contributed by atoms with Crippen LogP contribution in [0.2, 0.25) is 0 Å². The van der Waals surface area contributed by atoms with E-state index in [1.54, 1.807) is 0 Å². The minimum Gasteiger partial charge on any atom is -0.493 e. The van der Waals surface area contributed by atoms with E-state index in [9.17, 15) is 22.4 Å². The van der Waals surface area contributed by atoms with E-state index in [1.807, 2.05) is 0 Å². The molecule has 0 radical (unpaired) electrons. The number of aliphatic carboxylic acids is 1. The van der Waals surface area contributed by atoms with Gasteiger partial charge in [0.15, 0.2) is 17.0 Å². The summed E-state index contributed by atoms with van der Waals surface area (Å²) in [4.78, 5) is 11.0. The summed E-state index contributed by atoms with van der Waals surface area (Å²) in [6.07, 6.45) is -0.962. The van der Waals surface area contributed by atoms with Crippen LogP contribution < -0.4 is 4.74 Å². The van der Waals surface area contributed by atoms with Gasteiger partial charge in [-0.1, -0.05) is 6.07 Å². The highest BCUT2D eigenvalue weighted by molar-refractivity contribution is 5.88. The molecule has 18 heavy (non-hydrogen) atoms. The summed E-state index contributed by atoms with van der Waals surface area (Å²) in [5.74, 6) is -8.86. The van der Waals surface area contributed by atoms with Crippen LogP contribution in [0.3, 0.4) is 0 Å². The van der Waals surface area contributed by atoms with Gasteiger partial charge in [-0.3, -0.25) is 4.79 Å². The van der Waals surface area contributed by atoms with Crippen molar-refractivity contribution in [2.45, 2.75) is 17.8 Å². The summed E-state index contributed by atoms with van der Waals surface area (Å²) in [5, 5.41) is 8.92. The highest BCUT2D eigenvalue weighted by atomic mass is 19.3. The number of ether oxygens (including phenoxy) is 1. The third-order valence-electron chi connectivity index (χ3n) is 3.07. The van der Waals surface area contributed by atoms with Gasteiger partial charge in [-0.2, -0.15) is 4.39 Å². The van der Waals surface area contributed by atoms with Gasteiger partial charge in [-0.15, -0.1) is 0 Å². The fourth-order valence-electron chi connectivity index (χ4n) is 2.00. The molecule has 1 aromatic rings. The molecule has 0 heterocycles. The standard InChI is InChI=1S/C11H8F4O3/c1-18-8-5(2-3-6(12)7(8)13)10(9(16)17)4-11(10,14)15/h2-3H,4H2,1H3,(H,16,17). The topological polar surface area (TPSA) is 46.5 Å². The van der Waals surface area contributed by atoms with E-state index < -0.39 is 46.7 Å². The van der Waals surface area contributed by atoms with Gasteiger partial charge in [0.1, 0.15) is 0 Å². The normalized spacial score (nSPS) is 24.7. The summed E-state index contributed by atoms with van der Waals surface area (Å²) in [7, 11) is 0.956. The van der Waals surface area contributed by atoms with Gasteiger partial charge in [-0.25, -0.2) is 13.2 Å². The average Bonchev–Trinajstić information content (AvgIpc) is 2.87. The molecule has 1 aliphatic rings. The highest BCUT2D eigenvalue weighted by Gasteiger charge is 2.78. The number of benzene rings is 1. The van der Waals surface area contributed by atoms with Crippen LogP contribution >= 0.6 is 0 Å². The quantitative estimate of drug-likeness (QED) is 0.852. The molecule has 0 saturated heterocycles. The van der Waals surface area contributed by atoms with Crippen molar-refractivity contribution in [2.24, 2.45) is 0 Å². The molecule has 1 fully saturated rings. The summed E-state index contributed by atoms with van der Waals surface area (Å²) in [6.45, 7) is 0. The number of halogens is 4. The van der Waals surface area contributed by atoms with Crippen LogP contribution in [0.4, 0.5) is 17.6 Å². The van der Waals surface area contributed by atoms with E-state index in [0.717, 1.165) is 13.2 Å². The largest absolute Gasteiger partial charge is 0.493 e. The molecule has 2 rings (SSSR count). The molecular formula is C11H8F4O3. The van der Waals surface area contributed by atoms with Gasteiger partial charge in [0, 0.05) is 12.0 Å². The zero-order valence-corrected chi connectivity index (χ0v) is 9.14.